The first kappa shape index (κ1) is 13.1. The molecule has 0 aliphatic rings. The maximum atomic E-state index is 11.5. The van der Waals surface area contributed by atoms with Gasteiger partial charge in [-0.1, -0.05) is 0 Å². The molecule has 17 heavy (non-hydrogen) atoms. The Balaban J connectivity index is 2.71. The molecule has 1 amide bonds. The fourth-order valence-corrected chi connectivity index (χ4v) is 1.04. The van der Waals surface area contributed by atoms with Crippen LogP contribution in [0.2, 0.25) is 0 Å². The van der Waals surface area contributed by atoms with Crippen molar-refractivity contribution in [1.82, 2.24) is 15.3 Å². The number of aromatic nitrogens is 2. The second kappa shape index (κ2) is 4.93. The summed E-state index contributed by atoms with van der Waals surface area (Å²) in [5, 5.41) is 29.2. The molecule has 0 radical (unpaired) electrons. The monoisotopic (exact) mass is 243 g/mol. The number of aromatic carboxylic acids is 1. The van der Waals surface area contributed by atoms with E-state index in [1.54, 1.807) is 0 Å². The third kappa shape index (κ3) is 3.26. The molecule has 8 heteroatoms. The third-order valence-corrected chi connectivity index (χ3v) is 2.04. The van der Waals surface area contributed by atoms with E-state index in [-0.39, 0.29) is 17.9 Å². The zero-order chi connectivity index (χ0) is 13.1. The molecule has 1 rings (SSSR count). The van der Waals surface area contributed by atoms with Crippen molar-refractivity contribution in [3.63, 3.8) is 0 Å². The van der Waals surface area contributed by atoms with Crippen LogP contribution in [0.5, 0.6) is 0 Å². The van der Waals surface area contributed by atoms with Crippen LogP contribution in [0.4, 0.5) is 0 Å². The van der Waals surface area contributed by atoms with Gasteiger partial charge in [-0.25, -0.2) is 9.78 Å². The van der Waals surface area contributed by atoms with Gasteiger partial charge in [-0.05, 0) is 6.92 Å². The molecule has 1 aromatic rings. The number of hydrogen-bond donors (Lipinski definition) is 5. The normalized spacial score (nSPS) is 14.1. The second-order valence-corrected chi connectivity index (χ2v) is 3.77. The van der Waals surface area contributed by atoms with E-state index in [9.17, 15) is 14.7 Å². The number of amides is 1. The number of carbonyl (C=O) groups is 2. The number of hydrogen-bond acceptors (Lipinski definition) is 5. The molecular weight excluding hydrogens is 230 g/mol. The van der Waals surface area contributed by atoms with Gasteiger partial charge in [0.05, 0.1) is 12.9 Å². The van der Waals surface area contributed by atoms with Crippen molar-refractivity contribution in [3.8, 4) is 0 Å². The Morgan fingerprint density at radius 3 is 2.76 bits per heavy atom. The van der Waals surface area contributed by atoms with Crippen LogP contribution < -0.4 is 5.32 Å². The van der Waals surface area contributed by atoms with E-state index in [4.69, 9.17) is 10.2 Å². The van der Waals surface area contributed by atoms with Gasteiger partial charge in [0, 0.05) is 6.54 Å². The molecule has 0 aromatic carbocycles. The zero-order valence-corrected chi connectivity index (χ0v) is 9.10. The average Bonchev–Trinajstić information content (AvgIpc) is 2.75. The minimum absolute atomic E-state index is 0.214. The zero-order valence-electron chi connectivity index (χ0n) is 9.10. The molecule has 0 aliphatic heterocycles. The highest BCUT2D eigenvalue weighted by atomic mass is 16.4. The van der Waals surface area contributed by atoms with Gasteiger partial charge in [-0.3, -0.25) is 4.79 Å². The number of carboxylic acids is 1. The number of aromatic amines is 1. The smallest absolute Gasteiger partial charge is 0.354 e. The molecule has 1 aromatic heterocycles. The first-order valence-electron chi connectivity index (χ1n) is 4.75. The summed E-state index contributed by atoms with van der Waals surface area (Å²) in [4.78, 5) is 28.1. The van der Waals surface area contributed by atoms with Crippen LogP contribution in [-0.4, -0.2) is 55.9 Å². The molecular formula is C9H13N3O5. The second-order valence-electron chi connectivity index (χ2n) is 3.77. The minimum Gasteiger partial charge on any atom is -0.477 e. The number of H-pyrrole nitrogens is 1. The highest BCUT2D eigenvalue weighted by molar-refractivity contribution is 6.02. The molecule has 0 saturated heterocycles. The lowest BCUT2D eigenvalue weighted by molar-refractivity contribution is 0.00315. The van der Waals surface area contributed by atoms with Crippen molar-refractivity contribution >= 4 is 11.9 Å². The van der Waals surface area contributed by atoms with E-state index in [2.05, 4.69) is 15.3 Å². The minimum atomic E-state index is -1.46. The van der Waals surface area contributed by atoms with E-state index in [1.165, 1.54) is 6.92 Å². The Kier molecular flexibility index (Phi) is 3.81. The Labute approximate surface area is 96.3 Å². The maximum absolute atomic E-state index is 11.5. The summed E-state index contributed by atoms with van der Waals surface area (Å²) in [5.41, 5.74) is -2.06. The van der Waals surface area contributed by atoms with Gasteiger partial charge < -0.3 is 25.6 Å². The van der Waals surface area contributed by atoms with Gasteiger partial charge in [0.1, 0.15) is 5.60 Å². The molecule has 0 fully saturated rings. The van der Waals surface area contributed by atoms with Gasteiger partial charge >= 0.3 is 5.97 Å². The van der Waals surface area contributed by atoms with Crippen molar-refractivity contribution in [2.45, 2.75) is 12.5 Å². The van der Waals surface area contributed by atoms with Crippen molar-refractivity contribution in [3.05, 3.63) is 17.7 Å². The lowest BCUT2D eigenvalue weighted by atomic mass is 10.1. The quantitative estimate of drug-likeness (QED) is 0.430. The van der Waals surface area contributed by atoms with Crippen LogP contribution in [0.25, 0.3) is 0 Å². The summed E-state index contributed by atoms with van der Waals surface area (Å²) in [6, 6.07) is 0. The summed E-state index contributed by atoms with van der Waals surface area (Å²) in [7, 11) is 0. The largest absolute Gasteiger partial charge is 0.477 e. The van der Waals surface area contributed by atoms with Gasteiger partial charge in [0.15, 0.2) is 11.4 Å². The standard InChI is InChI=1S/C9H13N3O5/c1-9(17,3-13)2-10-7(14)5-6(8(15)16)12-4-11-5/h4,13,17H,2-3H2,1H3,(H,10,14)(H,11,12)(H,15,16). The average molecular weight is 243 g/mol. The van der Waals surface area contributed by atoms with E-state index < -0.39 is 24.1 Å². The Bertz CT molecular complexity index is 426. The van der Waals surface area contributed by atoms with Crippen LogP contribution in [0.1, 0.15) is 27.9 Å². The van der Waals surface area contributed by atoms with Crippen molar-refractivity contribution in [2.75, 3.05) is 13.2 Å². The summed E-state index contributed by atoms with van der Waals surface area (Å²) >= 11 is 0. The van der Waals surface area contributed by atoms with Gasteiger partial charge in [-0.2, -0.15) is 0 Å². The first-order valence-corrected chi connectivity index (χ1v) is 4.75. The molecule has 1 heterocycles. The Hall–Kier alpha value is -1.93. The topological polar surface area (TPSA) is 136 Å². The summed E-state index contributed by atoms with van der Waals surface area (Å²) in [6.45, 7) is 0.587. The molecule has 0 spiro atoms. The number of rotatable bonds is 5. The molecule has 1 atom stereocenters. The van der Waals surface area contributed by atoms with Crippen LogP contribution in [0, 0.1) is 0 Å². The van der Waals surface area contributed by atoms with E-state index in [0.717, 1.165) is 6.33 Å². The van der Waals surface area contributed by atoms with Crippen molar-refractivity contribution in [2.24, 2.45) is 0 Å². The van der Waals surface area contributed by atoms with Gasteiger partial charge in [0.25, 0.3) is 5.91 Å². The SMILES string of the molecule is CC(O)(CO)CNC(=O)c1nc[nH]c1C(=O)O. The third-order valence-electron chi connectivity index (χ3n) is 2.04. The molecule has 0 saturated carbocycles. The first-order chi connectivity index (χ1) is 7.87. The number of carbonyl (C=O) groups excluding carboxylic acids is 1. The summed E-state index contributed by atoms with van der Waals surface area (Å²) in [5.74, 6) is -2.04. The highest BCUT2D eigenvalue weighted by Crippen LogP contribution is 2.04. The predicted molar refractivity (Wildman–Crippen MR) is 55.6 cm³/mol. The number of aliphatic hydroxyl groups excluding tert-OH is 1. The Morgan fingerprint density at radius 2 is 2.24 bits per heavy atom. The molecule has 5 N–H and O–H groups in total. The number of carboxylic acid groups (broad SMARTS) is 1. The van der Waals surface area contributed by atoms with Crippen molar-refractivity contribution in [1.29, 1.82) is 0 Å². The molecule has 94 valence electrons. The predicted octanol–water partition coefficient (Wildman–Crippen LogP) is -1.42. The van der Waals surface area contributed by atoms with Crippen LogP contribution in [0.15, 0.2) is 6.33 Å². The van der Waals surface area contributed by atoms with Crippen LogP contribution in [0.3, 0.4) is 0 Å². The lowest BCUT2D eigenvalue weighted by Gasteiger charge is -2.20. The number of imidazole rings is 1. The fourth-order valence-electron chi connectivity index (χ4n) is 1.04. The lowest BCUT2D eigenvalue weighted by Crippen LogP contribution is -2.43. The maximum Gasteiger partial charge on any atom is 0.354 e. The van der Waals surface area contributed by atoms with Crippen molar-refractivity contribution < 1.29 is 24.9 Å². The fraction of sp³-hybridized carbons (Fsp3) is 0.444. The van der Waals surface area contributed by atoms with Crippen LogP contribution in [-0.2, 0) is 0 Å². The summed E-state index contributed by atoms with van der Waals surface area (Å²) < 4.78 is 0. The van der Waals surface area contributed by atoms with Gasteiger partial charge in [-0.15, -0.1) is 0 Å². The van der Waals surface area contributed by atoms with E-state index in [1.807, 2.05) is 0 Å². The molecule has 1 unspecified atom stereocenters. The van der Waals surface area contributed by atoms with Crippen LogP contribution >= 0.6 is 0 Å². The highest BCUT2D eigenvalue weighted by Gasteiger charge is 2.23. The Morgan fingerprint density at radius 1 is 1.59 bits per heavy atom. The number of aliphatic hydroxyl groups is 2. The molecule has 0 aliphatic carbocycles. The van der Waals surface area contributed by atoms with E-state index in [0.29, 0.717) is 0 Å². The molecule has 0 bridgehead atoms. The number of nitrogens with zero attached hydrogens (tertiary/aromatic N) is 1. The number of nitrogens with one attached hydrogen (secondary N) is 2. The molecule has 8 nitrogen and oxygen atoms in total. The van der Waals surface area contributed by atoms with Gasteiger partial charge in [0.2, 0.25) is 0 Å². The summed E-state index contributed by atoms with van der Waals surface area (Å²) in [6.07, 6.45) is 1.09. The van der Waals surface area contributed by atoms with E-state index >= 15 is 0 Å².